The van der Waals surface area contributed by atoms with Crippen LogP contribution in [0.4, 0.5) is 9.18 Å². The summed E-state index contributed by atoms with van der Waals surface area (Å²) in [6, 6.07) is 3.46. The molecule has 3 N–H and O–H groups in total. The van der Waals surface area contributed by atoms with E-state index in [1.807, 2.05) is 0 Å². The van der Waals surface area contributed by atoms with Crippen molar-refractivity contribution in [1.29, 1.82) is 5.26 Å². The first-order valence-electron chi connectivity index (χ1n) is 5.19. The van der Waals surface area contributed by atoms with E-state index in [1.54, 1.807) is 0 Å². The van der Waals surface area contributed by atoms with Crippen molar-refractivity contribution in [2.75, 3.05) is 0 Å². The van der Waals surface area contributed by atoms with Crippen molar-refractivity contribution in [1.82, 2.24) is 0 Å². The zero-order valence-electron chi connectivity index (χ0n) is 10.5. The summed E-state index contributed by atoms with van der Waals surface area (Å²) in [5.41, 5.74) is 4.27. The van der Waals surface area contributed by atoms with Gasteiger partial charge in [-0.05, 0) is 26.0 Å². The van der Waals surface area contributed by atoms with Crippen LogP contribution in [0.25, 0.3) is 0 Å². The van der Waals surface area contributed by atoms with Crippen LogP contribution in [-0.2, 0) is 9.84 Å². The molecule has 0 atom stereocenters. The number of ether oxygens (including phenoxy) is 1. The highest BCUT2D eigenvalue weighted by Crippen LogP contribution is 2.40. The molecule has 7 nitrogen and oxygen atoms in total. The van der Waals surface area contributed by atoms with Crippen LogP contribution in [0, 0.1) is 11.3 Å². The molecule has 0 saturated carbocycles. The number of phenols is 1. The maximum absolute atomic E-state index is 13.8. The molecule has 0 spiro atoms. The van der Waals surface area contributed by atoms with Crippen molar-refractivity contribution in [2.24, 2.45) is 5.73 Å². The third kappa shape index (κ3) is 2.65. The Labute approximate surface area is 114 Å². The van der Waals surface area contributed by atoms with E-state index in [1.165, 1.54) is 6.07 Å². The van der Waals surface area contributed by atoms with Gasteiger partial charge in [0.25, 0.3) is 0 Å². The molecule has 1 aromatic carbocycles. The summed E-state index contributed by atoms with van der Waals surface area (Å²) in [5, 5.41) is 15.9. The van der Waals surface area contributed by atoms with Gasteiger partial charge in [-0.15, -0.1) is 0 Å². The number of amides is 1. The number of nitriles is 1. The summed E-state index contributed by atoms with van der Waals surface area (Å²) in [5.74, 6) is -1.63. The minimum absolute atomic E-state index is 0.481. The highest BCUT2D eigenvalue weighted by Gasteiger charge is 2.40. The standard InChI is InChI=1S/C11H11FN2O5S/c1-11(2,12)20(17,18)9-6(5-13)3-4-7(8(9)15)19-10(14)16/h3-4,15H,1-2H3,(H2,14,16). The van der Waals surface area contributed by atoms with Gasteiger partial charge in [-0.2, -0.15) is 5.26 Å². The zero-order valence-corrected chi connectivity index (χ0v) is 11.4. The molecule has 0 radical (unpaired) electrons. The van der Waals surface area contributed by atoms with Crippen LogP contribution < -0.4 is 10.5 Å². The maximum Gasteiger partial charge on any atom is 0.410 e. The van der Waals surface area contributed by atoms with Crippen molar-refractivity contribution >= 4 is 15.9 Å². The Bertz CT molecular complexity index is 701. The molecule has 0 fully saturated rings. The van der Waals surface area contributed by atoms with Crippen molar-refractivity contribution in [2.45, 2.75) is 23.7 Å². The fraction of sp³-hybridized carbons (Fsp3) is 0.273. The van der Waals surface area contributed by atoms with E-state index < -0.39 is 42.9 Å². The lowest BCUT2D eigenvalue weighted by molar-refractivity contribution is 0.208. The van der Waals surface area contributed by atoms with Crippen LogP contribution in [0.15, 0.2) is 17.0 Å². The van der Waals surface area contributed by atoms with E-state index in [-0.39, 0.29) is 0 Å². The van der Waals surface area contributed by atoms with E-state index in [9.17, 15) is 22.7 Å². The Kier molecular flexibility index (Phi) is 3.91. The summed E-state index contributed by atoms with van der Waals surface area (Å²) in [7, 11) is -4.68. The number of aromatic hydroxyl groups is 1. The first kappa shape index (κ1) is 15.7. The number of rotatable bonds is 3. The van der Waals surface area contributed by atoms with Gasteiger partial charge in [0.2, 0.25) is 14.8 Å². The first-order valence-corrected chi connectivity index (χ1v) is 6.67. The van der Waals surface area contributed by atoms with E-state index in [2.05, 4.69) is 4.74 Å². The van der Waals surface area contributed by atoms with Crippen LogP contribution in [0.5, 0.6) is 11.5 Å². The first-order chi connectivity index (χ1) is 9.02. The Morgan fingerprint density at radius 3 is 2.45 bits per heavy atom. The number of nitrogens with two attached hydrogens (primary N) is 1. The third-order valence-electron chi connectivity index (χ3n) is 2.33. The minimum atomic E-state index is -4.68. The van der Waals surface area contributed by atoms with Gasteiger partial charge >= 0.3 is 6.09 Å². The largest absolute Gasteiger partial charge is 0.503 e. The van der Waals surface area contributed by atoms with Gasteiger partial charge in [0.05, 0.1) is 5.56 Å². The van der Waals surface area contributed by atoms with E-state index in [0.29, 0.717) is 0 Å². The fourth-order valence-corrected chi connectivity index (χ4v) is 2.59. The second-order valence-electron chi connectivity index (χ2n) is 4.19. The smallest absolute Gasteiger partial charge is 0.410 e. The predicted octanol–water partition coefficient (Wildman–Crippen LogP) is 1.20. The molecule has 0 aromatic heterocycles. The number of phenolic OH excluding ortho intramolecular Hbond substituents is 1. The number of benzene rings is 1. The van der Waals surface area contributed by atoms with Crippen LogP contribution >= 0.6 is 0 Å². The molecule has 1 amide bonds. The van der Waals surface area contributed by atoms with Gasteiger partial charge in [-0.3, -0.25) is 0 Å². The lowest BCUT2D eigenvalue weighted by Gasteiger charge is -2.18. The van der Waals surface area contributed by atoms with E-state index in [4.69, 9.17) is 11.0 Å². The molecular formula is C11H11FN2O5S. The summed E-state index contributed by atoms with van der Waals surface area (Å²) in [6.07, 6.45) is -1.30. The Balaban J connectivity index is 3.69. The van der Waals surface area contributed by atoms with Crippen molar-refractivity contribution in [3.63, 3.8) is 0 Å². The number of alkyl halides is 1. The maximum atomic E-state index is 13.8. The number of nitrogens with zero attached hydrogens (tertiary/aromatic N) is 1. The van der Waals surface area contributed by atoms with Gasteiger partial charge in [-0.25, -0.2) is 17.6 Å². The zero-order chi connectivity index (χ0) is 15.7. The summed E-state index contributed by atoms with van der Waals surface area (Å²) in [6.45, 7) is 1.51. The molecule has 108 valence electrons. The van der Waals surface area contributed by atoms with Gasteiger partial charge in [0.15, 0.2) is 11.5 Å². The average molecular weight is 302 g/mol. The van der Waals surface area contributed by atoms with Crippen molar-refractivity contribution < 1.29 is 27.4 Å². The van der Waals surface area contributed by atoms with Crippen LogP contribution in [0.3, 0.4) is 0 Å². The van der Waals surface area contributed by atoms with Crippen molar-refractivity contribution in [3.8, 4) is 17.6 Å². The number of primary amides is 1. The molecule has 20 heavy (non-hydrogen) atoms. The number of carbonyl (C=O) groups excluding carboxylic acids is 1. The Morgan fingerprint density at radius 2 is 2.05 bits per heavy atom. The number of halogens is 1. The van der Waals surface area contributed by atoms with Crippen LogP contribution in [0.2, 0.25) is 0 Å². The molecule has 9 heteroatoms. The molecule has 0 unspecified atom stereocenters. The van der Waals surface area contributed by atoms with Gasteiger partial charge in [-0.1, -0.05) is 0 Å². The summed E-state index contributed by atoms with van der Waals surface area (Å²) >= 11 is 0. The molecule has 1 rings (SSSR count). The van der Waals surface area contributed by atoms with Crippen molar-refractivity contribution in [3.05, 3.63) is 17.7 Å². The molecule has 0 heterocycles. The van der Waals surface area contributed by atoms with E-state index >= 15 is 0 Å². The molecule has 1 aromatic rings. The lowest BCUT2D eigenvalue weighted by atomic mass is 10.2. The van der Waals surface area contributed by atoms with Gasteiger partial charge in [0, 0.05) is 0 Å². The third-order valence-corrected chi connectivity index (χ3v) is 4.56. The Morgan fingerprint density at radius 1 is 1.50 bits per heavy atom. The lowest BCUT2D eigenvalue weighted by Crippen LogP contribution is -2.27. The molecule has 0 aliphatic heterocycles. The number of hydrogen-bond donors (Lipinski definition) is 2. The molecule has 0 saturated heterocycles. The second-order valence-corrected chi connectivity index (χ2v) is 6.57. The second kappa shape index (κ2) is 4.97. The van der Waals surface area contributed by atoms with Crippen LogP contribution in [-0.4, -0.2) is 24.6 Å². The molecule has 0 aliphatic rings. The fourth-order valence-electron chi connectivity index (χ4n) is 1.35. The number of carbonyl (C=O) groups is 1. The minimum Gasteiger partial charge on any atom is -0.503 e. The number of sulfone groups is 1. The highest BCUT2D eigenvalue weighted by atomic mass is 32.2. The SMILES string of the molecule is CC(C)(F)S(=O)(=O)c1c(C#N)ccc(OC(N)=O)c1O. The monoisotopic (exact) mass is 302 g/mol. The van der Waals surface area contributed by atoms with Crippen LogP contribution in [0.1, 0.15) is 19.4 Å². The predicted molar refractivity (Wildman–Crippen MR) is 65.4 cm³/mol. The number of hydrogen-bond acceptors (Lipinski definition) is 6. The van der Waals surface area contributed by atoms with Gasteiger partial charge in [0.1, 0.15) is 11.0 Å². The normalized spacial score (nSPS) is 11.7. The average Bonchev–Trinajstić information content (AvgIpc) is 2.29. The molecule has 0 aliphatic carbocycles. The van der Waals surface area contributed by atoms with Gasteiger partial charge < -0.3 is 15.6 Å². The van der Waals surface area contributed by atoms with E-state index in [0.717, 1.165) is 26.0 Å². The molecule has 0 bridgehead atoms. The summed E-state index contributed by atoms with van der Waals surface area (Å²) in [4.78, 5) is 9.68. The quantitative estimate of drug-likeness (QED) is 0.862. The Hall–Kier alpha value is -2.34. The topological polar surface area (TPSA) is 130 Å². The molecular weight excluding hydrogens is 291 g/mol. The summed E-state index contributed by atoms with van der Waals surface area (Å²) < 4.78 is 42.3. The highest BCUT2D eigenvalue weighted by molar-refractivity contribution is 7.92.